The molecular weight excluding hydrogens is 180 g/mol. The van der Waals surface area contributed by atoms with Crippen molar-refractivity contribution in [2.24, 2.45) is 5.73 Å². The lowest BCUT2D eigenvalue weighted by molar-refractivity contribution is 0.208. The van der Waals surface area contributed by atoms with Crippen molar-refractivity contribution >= 4 is 12.0 Å². The van der Waals surface area contributed by atoms with Gasteiger partial charge in [0.1, 0.15) is 0 Å². The molecule has 0 spiro atoms. The highest BCUT2D eigenvalue weighted by Crippen LogP contribution is 2.10. The van der Waals surface area contributed by atoms with E-state index in [1.165, 1.54) is 0 Å². The summed E-state index contributed by atoms with van der Waals surface area (Å²) in [5, 5.41) is 7.48. The van der Waals surface area contributed by atoms with E-state index in [1.54, 1.807) is 12.1 Å². The molecule has 0 atom stereocenters. The monoisotopic (exact) mass is 192 g/mol. The fourth-order valence-corrected chi connectivity index (χ4v) is 1.21. The second-order valence-corrected chi connectivity index (χ2v) is 2.76. The zero-order valence-electron chi connectivity index (χ0n) is 7.91. The molecule has 0 saturated heterocycles. The number of ether oxygens (including phenoxy) is 1. The van der Waals surface area contributed by atoms with Gasteiger partial charge in [0.2, 0.25) is 5.90 Å². The Morgan fingerprint density at radius 2 is 2.14 bits per heavy atom. The Kier molecular flexibility index (Phi) is 3.23. The van der Waals surface area contributed by atoms with E-state index in [0.717, 1.165) is 12.0 Å². The number of primary amides is 1. The largest absolute Gasteiger partial charge is 0.411 e. The number of carbonyl (C=O) groups is 1. The van der Waals surface area contributed by atoms with E-state index in [9.17, 15) is 4.79 Å². The van der Waals surface area contributed by atoms with Crippen molar-refractivity contribution in [3.63, 3.8) is 0 Å². The second kappa shape index (κ2) is 4.41. The zero-order valence-corrected chi connectivity index (χ0v) is 7.91. The van der Waals surface area contributed by atoms with Gasteiger partial charge in [-0.2, -0.15) is 0 Å². The van der Waals surface area contributed by atoms with Crippen molar-refractivity contribution in [1.82, 2.24) is 0 Å². The van der Waals surface area contributed by atoms with Crippen LogP contribution in [0, 0.1) is 5.41 Å². The third-order valence-corrected chi connectivity index (χ3v) is 1.85. The highest BCUT2D eigenvalue weighted by Gasteiger charge is 2.09. The van der Waals surface area contributed by atoms with E-state index >= 15 is 0 Å². The molecule has 0 aromatic heterocycles. The van der Waals surface area contributed by atoms with Crippen LogP contribution >= 0.6 is 0 Å². The molecule has 0 unspecified atom stereocenters. The maximum Gasteiger partial charge on any atom is 0.411 e. The highest BCUT2D eigenvalue weighted by atomic mass is 16.6. The standard InChI is InChI=1S/C10H12N2O2/c1-2-7-5-3-4-6-8(7)9(11)14-10(12)13/h3-6,11H,2H2,1H3,(H2,12,13). The minimum atomic E-state index is -0.957. The van der Waals surface area contributed by atoms with Crippen LogP contribution in [0.15, 0.2) is 24.3 Å². The minimum Gasteiger partial charge on any atom is -0.391 e. The maximum absolute atomic E-state index is 10.4. The van der Waals surface area contributed by atoms with E-state index in [1.807, 2.05) is 19.1 Å². The van der Waals surface area contributed by atoms with E-state index in [2.05, 4.69) is 4.74 Å². The fourth-order valence-electron chi connectivity index (χ4n) is 1.21. The Labute approximate surface area is 82.2 Å². The quantitative estimate of drug-likeness (QED) is 0.552. The lowest BCUT2D eigenvalue weighted by atomic mass is 10.1. The normalized spacial score (nSPS) is 9.50. The average molecular weight is 192 g/mol. The first kappa shape index (κ1) is 10.2. The molecule has 1 aromatic rings. The van der Waals surface area contributed by atoms with Crippen LogP contribution in [0.2, 0.25) is 0 Å². The molecule has 0 radical (unpaired) electrons. The average Bonchev–Trinajstić information content (AvgIpc) is 2.16. The Hall–Kier alpha value is -1.84. The van der Waals surface area contributed by atoms with E-state index < -0.39 is 6.09 Å². The summed E-state index contributed by atoms with van der Waals surface area (Å²) >= 11 is 0. The first-order valence-electron chi connectivity index (χ1n) is 4.29. The Bertz CT molecular complexity index is 361. The number of rotatable bonds is 2. The summed E-state index contributed by atoms with van der Waals surface area (Å²) in [6, 6.07) is 7.27. The molecule has 4 heteroatoms. The number of nitrogens with one attached hydrogen (secondary N) is 1. The zero-order chi connectivity index (χ0) is 10.6. The van der Waals surface area contributed by atoms with Gasteiger partial charge in [-0.15, -0.1) is 0 Å². The number of aryl methyl sites for hydroxylation is 1. The van der Waals surface area contributed by atoms with Gasteiger partial charge in [0.15, 0.2) is 0 Å². The molecule has 1 aromatic carbocycles. The summed E-state index contributed by atoms with van der Waals surface area (Å²) in [6.07, 6.45) is -0.179. The lowest BCUT2D eigenvalue weighted by Gasteiger charge is -2.07. The smallest absolute Gasteiger partial charge is 0.391 e. The van der Waals surface area contributed by atoms with E-state index in [-0.39, 0.29) is 5.90 Å². The van der Waals surface area contributed by atoms with Crippen LogP contribution in [0.1, 0.15) is 18.1 Å². The number of hydrogen-bond acceptors (Lipinski definition) is 3. The van der Waals surface area contributed by atoms with Gasteiger partial charge in [0.25, 0.3) is 0 Å². The van der Waals surface area contributed by atoms with Crippen molar-refractivity contribution in [3.05, 3.63) is 35.4 Å². The molecule has 14 heavy (non-hydrogen) atoms. The van der Waals surface area contributed by atoms with Crippen molar-refractivity contribution in [3.8, 4) is 0 Å². The summed E-state index contributed by atoms with van der Waals surface area (Å²) in [7, 11) is 0. The molecule has 4 nitrogen and oxygen atoms in total. The van der Waals surface area contributed by atoms with Crippen LogP contribution in [-0.4, -0.2) is 12.0 Å². The van der Waals surface area contributed by atoms with Crippen molar-refractivity contribution in [2.75, 3.05) is 0 Å². The second-order valence-electron chi connectivity index (χ2n) is 2.76. The predicted octanol–water partition coefficient (Wildman–Crippen LogP) is 1.67. The van der Waals surface area contributed by atoms with Crippen LogP contribution < -0.4 is 5.73 Å². The molecule has 74 valence electrons. The van der Waals surface area contributed by atoms with Crippen LogP contribution in [0.25, 0.3) is 0 Å². The topological polar surface area (TPSA) is 76.2 Å². The van der Waals surface area contributed by atoms with Gasteiger partial charge in [-0.3, -0.25) is 5.41 Å². The number of benzene rings is 1. The SMILES string of the molecule is CCc1ccccc1C(=N)OC(N)=O. The molecule has 0 aliphatic carbocycles. The third-order valence-electron chi connectivity index (χ3n) is 1.85. The first-order chi connectivity index (χ1) is 6.65. The molecule has 0 fully saturated rings. The number of amides is 1. The highest BCUT2D eigenvalue weighted by molar-refractivity contribution is 5.98. The molecule has 3 N–H and O–H groups in total. The van der Waals surface area contributed by atoms with Gasteiger partial charge < -0.3 is 10.5 Å². The van der Waals surface area contributed by atoms with Crippen LogP contribution in [-0.2, 0) is 11.2 Å². The molecule has 0 aliphatic rings. The minimum absolute atomic E-state index is 0.199. The van der Waals surface area contributed by atoms with Gasteiger partial charge in [0.05, 0.1) is 0 Å². The summed E-state index contributed by atoms with van der Waals surface area (Å²) in [6.45, 7) is 1.97. The summed E-state index contributed by atoms with van der Waals surface area (Å²) in [5.74, 6) is -0.199. The molecule has 0 heterocycles. The van der Waals surface area contributed by atoms with Gasteiger partial charge in [-0.05, 0) is 18.1 Å². The van der Waals surface area contributed by atoms with Crippen LogP contribution in [0.3, 0.4) is 0 Å². The van der Waals surface area contributed by atoms with Crippen molar-refractivity contribution in [2.45, 2.75) is 13.3 Å². The number of carbonyl (C=O) groups excluding carboxylic acids is 1. The van der Waals surface area contributed by atoms with Crippen molar-refractivity contribution < 1.29 is 9.53 Å². The summed E-state index contributed by atoms with van der Waals surface area (Å²) in [4.78, 5) is 10.4. The van der Waals surface area contributed by atoms with E-state index in [4.69, 9.17) is 11.1 Å². The van der Waals surface area contributed by atoms with Gasteiger partial charge in [0, 0.05) is 5.56 Å². The number of nitrogens with two attached hydrogens (primary N) is 1. The molecule has 0 aliphatic heterocycles. The number of hydrogen-bond donors (Lipinski definition) is 2. The lowest BCUT2D eigenvalue weighted by Crippen LogP contribution is -2.19. The Morgan fingerprint density at radius 1 is 1.50 bits per heavy atom. The van der Waals surface area contributed by atoms with Crippen molar-refractivity contribution in [1.29, 1.82) is 5.41 Å². The predicted molar refractivity (Wildman–Crippen MR) is 53.3 cm³/mol. The fraction of sp³-hybridized carbons (Fsp3) is 0.200. The molecule has 0 bridgehead atoms. The molecule has 1 rings (SSSR count). The van der Waals surface area contributed by atoms with Crippen LogP contribution in [0.4, 0.5) is 4.79 Å². The van der Waals surface area contributed by atoms with Gasteiger partial charge in [-0.25, -0.2) is 4.79 Å². The van der Waals surface area contributed by atoms with E-state index in [0.29, 0.717) is 5.56 Å². The molecule has 0 saturated carbocycles. The van der Waals surface area contributed by atoms with Gasteiger partial charge >= 0.3 is 6.09 Å². The maximum atomic E-state index is 10.4. The first-order valence-corrected chi connectivity index (χ1v) is 4.29. The van der Waals surface area contributed by atoms with Crippen LogP contribution in [0.5, 0.6) is 0 Å². The summed E-state index contributed by atoms with van der Waals surface area (Å²) in [5.41, 5.74) is 6.38. The molecular formula is C10H12N2O2. The third kappa shape index (κ3) is 2.32. The Balaban J connectivity index is 2.94. The molecule has 1 amide bonds. The Morgan fingerprint density at radius 3 is 2.71 bits per heavy atom. The summed E-state index contributed by atoms with van der Waals surface area (Å²) < 4.78 is 4.50. The van der Waals surface area contributed by atoms with Gasteiger partial charge in [-0.1, -0.05) is 25.1 Å².